The molecule has 3 N–H and O–H groups in total. The molecule has 0 radical (unpaired) electrons. The number of phenols is 1. The Kier molecular flexibility index (Phi) is 3.22. The number of rotatable bonds is 2. The van der Waals surface area contributed by atoms with E-state index < -0.39 is 0 Å². The maximum Gasteiger partial charge on any atom is 0.116 e. The van der Waals surface area contributed by atoms with E-state index in [1.54, 1.807) is 12.1 Å². The zero-order valence-electron chi connectivity index (χ0n) is 8.92. The van der Waals surface area contributed by atoms with Crippen LogP contribution in [0.3, 0.4) is 0 Å². The first-order valence-electron chi connectivity index (χ1n) is 4.95. The van der Waals surface area contributed by atoms with E-state index in [1.165, 1.54) is 17.8 Å². The number of phenolic OH excluding ortho intramolecular Hbond substituents is 1. The van der Waals surface area contributed by atoms with Crippen LogP contribution < -0.4 is 5.73 Å². The fraction of sp³-hybridized carbons (Fsp3) is 0. The van der Waals surface area contributed by atoms with E-state index in [1.807, 2.05) is 24.3 Å². The van der Waals surface area contributed by atoms with Crippen molar-refractivity contribution in [1.82, 2.24) is 0 Å². The van der Waals surface area contributed by atoms with Crippen LogP contribution in [0.4, 0.5) is 5.69 Å². The van der Waals surface area contributed by atoms with Crippen LogP contribution in [0.5, 0.6) is 5.75 Å². The normalized spacial score (nSPS) is 9.82. The van der Waals surface area contributed by atoms with Gasteiger partial charge in [-0.2, -0.15) is 5.26 Å². The molecule has 0 aliphatic heterocycles. The van der Waals surface area contributed by atoms with E-state index >= 15 is 0 Å². The summed E-state index contributed by atoms with van der Waals surface area (Å²) in [6, 6.07) is 14.2. The molecule has 0 saturated heterocycles. The Morgan fingerprint density at radius 3 is 2.47 bits per heavy atom. The number of nitrogens with two attached hydrogens (primary N) is 1. The van der Waals surface area contributed by atoms with Crippen LogP contribution in [-0.4, -0.2) is 5.11 Å². The summed E-state index contributed by atoms with van der Waals surface area (Å²) >= 11 is 1.47. The molecular weight excluding hydrogens is 232 g/mol. The zero-order valence-corrected chi connectivity index (χ0v) is 9.74. The Balaban J connectivity index is 2.30. The summed E-state index contributed by atoms with van der Waals surface area (Å²) in [7, 11) is 0. The molecule has 0 heterocycles. The molecule has 0 aromatic heterocycles. The standard InChI is InChI=1S/C13H10N2OS/c14-8-9-7-11(16)3-6-13(9)17-12-4-1-10(15)2-5-12/h1-7,16H,15H2. The first-order chi connectivity index (χ1) is 8.19. The molecular formula is C13H10N2OS. The Hall–Kier alpha value is -2.12. The highest BCUT2D eigenvalue weighted by Crippen LogP contribution is 2.32. The van der Waals surface area contributed by atoms with E-state index in [2.05, 4.69) is 6.07 Å². The number of anilines is 1. The topological polar surface area (TPSA) is 70.0 Å². The molecule has 0 saturated carbocycles. The van der Waals surface area contributed by atoms with E-state index in [9.17, 15) is 5.11 Å². The largest absolute Gasteiger partial charge is 0.508 e. The summed E-state index contributed by atoms with van der Waals surface area (Å²) in [4.78, 5) is 1.82. The molecule has 0 bridgehead atoms. The summed E-state index contributed by atoms with van der Waals surface area (Å²) < 4.78 is 0. The van der Waals surface area contributed by atoms with Gasteiger partial charge in [-0.15, -0.1) is 0 Å². The predicted octanol–water partition coefficient (Wildman–Crippen LogP) is 3.00. The molecule has 2 aromatic rings. The molecule has 0 fully saturated rings. The minimum absolute atomic E-state index is 0.100. The van der Waals surface area contributed by atoms with Crippen molar-refractivity contribution < 1.29 is 5.11 Å². The van der Waals surface area contributed by atoms with Crippen LogP contribution in [0.25, 0.3) is 0 Å². The van der Waals surface area contributed by atoms with Gasteiger partial charge in [0.2, 0.25) is 0 Å². The van der Waals surface area contributed by atoms with Gasteiger partial charge in [0.1, 0.15) is 11.8 Å². The Morgan fingerprint density at radius 2 is 1.82 bits per heavy atom. The summed E-state index contributed by atoms with van der Waals surface area (Å²) in [6.45, 7) is 0. The number of nitriles is 1. The number of benzene rings is 2. The van der Waals surface area contributed by atoms with Crippen LogP contribution in [0.1, 0.15) is 5.56 Å². The molecule has 0 spiro atoms. The van der Waals surface area contributed by atoms with Crippen LogP contribution in [0, 0.1) is 11.3 Å². The fourth-order valence-electron chi connectivity index (χ4n) is 1.36. The summed E-state index contributed by atoms with van der Waals surface area (Å²) in [5, 5.41) is 18.3. The lowest BCUT2D eigenvalue weighted by molar-refractivity contribution is 0.474. The Bertz CT molecular complexity index is 573. The second kappa shape index (κ2) is 4.81. The second-order valence-corrected chi connectivity index (χ2v) is 4.58. The summed E-state index contributed by atoms with van der Waals surface area (Å²) in [5.74, 6) is 0.100. The molecule has 0 aliphatic carbocycles. The van der Waals surface area contributed by atoms with Crippen molar-refractivity contribution in [3.8, 4) is 11.8 Å². The highest BCUT2D eigenvalue weighted by molar-refractivity contribution is 7.99. The van der Waals surface area contributed by atoms with Crippen molar-refractivity contribution in [3.63, 3.8) is 0 Å². The van der Waals surface area contributed by atoms with Gasteiger partial charge < -0.3 is 10.8 Å². The molecule has 17 heavy (non-hydrogen) atoms. The Labute approximate surface area is 104 Å². The smallest absolute Gasteiger partial charge is 0.116 e. The van der Waals surface area contributed by atoms with Crippen molar-refractivity contribution in [2.75, 3.05) is 5.73 Å². The lowest BCUT2D eigenvalue weighted by Gasteiger charge is -2.04. The first kappa shape index (κ1) is 11.4. The van der Waals surface area contributed by atoms with Crippen LogP contribution >= 0.6 is 11.8 Å². The third-order valence-electron chi connectivity index (χ3n) is 2.19. The average Bonchev–Trinajstić information content (AvgIpc) is 2.34. The van der Waals surface area contributed by atoms with Crippen LogP contribution in [-0.2, 0) is 0 Å². The quantitative estimate of drug-likeness (QED) is 0.794. The lowest BCUT2D eigenvalue weighted by Crippen LogP contribution is -1.84. The Morgan fingerprint density at radius 1 is 1.12 bits per heavy atom. The van der Waals surface area contributed by atoms with Crippen molar-refractivity contribution in [2.24, 2.45) is 0 Å². The second-order valence-electron chi connectivity index (χ2n) is 3.46. The van der Waals surface area contributed by atoms with Gasteiger partial charge in [-0.25, -0.2) is 0 Å². The van der Waals surface area contributed by atoms with Gasteiger partial charge in [0.15, 0.2) is 0 Å². The monoisotopic (exact) mass is 242 g/mol. The van der Waals surface area contributed by atoms with Gasteiger partial charge in [0.05, 0.1) is 5.56 Å². The number of nitrogens with zero attached hydrogens (tertiary/aromatic N) is 1. The minimum atomic E-state index is 0.100. The van der Waals surface area contributed by atoms with Crippen molar-refractivity contribution >= 4 is 17.4 Å². The molecule has 0 unspecified atom stereocenters. The first-order valence-corrected chi connectivity index (χ1v) is 5.77. The van der Waals surface area contributed by atoms with Crippen LogP contribution in [0.2, 0.25) is 0 Å². The van der Waals surface area contributed by atoms with Gasteiger partial charge >= 0.3 is 0 Å². The molecule has 84 valence electrons. The highest BCUT2D eigenvalue weighted by Gasteiger charge is 2.05. The van der Waals surface area contributed by atoms with Gasteiger partial charge in [0.25, 0.3) is 0 Å². The van der Waals surface area contributed by atoms with E-state index in [0.717, 1.165) is 9.79 Å². The number of aromatic hydroxyl groups is 1. The third-order valence-corrected chi connectivity index (χ3v) is 3.28. The fourth-order valence-corrected chi connectivity index (χ4v) is 2.23. The maximum atomic E-state index is 9.29. The SMILES string of the molecule is N#Cc1cc(O)ccc1Sc1ccc(N)cc1. The lowest BCUT2D eigenvalue weighted by atomic mass is 10.2. The van der Waals surface area contributed by atoms with E-state index in [0.29, 0.717) is 11.3 Å². The van der Waals surface area contributed by atoms with E-state index in [4.69, 9.17) is 11.0 Å². The number of nitrogen functional groups attached to an aromatic ring is 1. The van der Waals surface area contributed by atoms with Crippen LogP contribution in [0.15, 0.2) is 52.3 Å². The molecule has 2 aromatic carbocycles. The molecule has 2 rings (SSSR count). The number of hydrogen-bond acceptors (Lipinski definition) is 4. The average molecular weight is 242 g/mol. The van der Waals surface area contributed by atoms with Gasteiger partial charge in [-0.05, 0) is 42.5 Å². The molecule has 0 atom stereocenters. The predicted molar refractivity (Wildman–Crippen MR) is 67.8 cm³/mol. The molecule has 3 nitrogen and oxygen atoms in total. The van der Waals surface area contributed by atoms with Crippen molar-refractivity contribution in [3.05, 3.63) is 48.0 Å². The van der Waals surface area contributed by atoms with E-state index in [-0.39, 0.29) is 5.75 Å². The maximum absolute atomic E-state index is 9.29. The van der Waals surface area contributed by atoms with Crippen molar-refractivity contribution in [2.45, 2.75) is 9.79 Å². The van der Waals surface area contributed by atoms with Crippen molar-refractivity contribution in [1.29, 1.82) is 5.26 Å². The minimum Gasteiger partial charge on any atom is -0.508 e. The molecule has 4 heteroatoms. The summed E-state index contributed by atoms with van der Waals surface area (Å²) in [6.07, 6.45) is 0. The molecule has 0 amide bonds. The van der Waals surface area contributed by atoms with Gasteiger partial charge in [-0.1, -0.05) is 11.8 Å². The highest BCUT2D eigenvalue weighted by atomic mass is 32.2. The van der Waals surface area contributed by atoms with Gasteiger partial charge in [-0.3, -0.25) is 0 Å². The third kappa shape index (κ3) is 2.71. The number of hydrogen-bond donors (Lipinski definition) is 2. The summed E-state index contributed by atoms with van der Waals surface area (Å²) in [5.41, 5.74) is 6.77. The zero-order chi connectivity index (χ0) is 12.3. The van der Waals surface area contributed by atoms with Gasteiger partial charge in [0, 0.05) is 15.5 Å². The molecule has 0 aliphatic rings.